The van der Waals surface area contributed by atoms with Crippen molar-refractivity contribution in [1.29, 1.82) is 0 Å². The molecule has 42 heavy (non-hydrogen) atoms. The summed E-state index contributed by atoms with van der Waals surface area (Å²) in [6, 6.07) is 9.79. The van der Waals surface area contributed by atoms with Gasteiger partial charge in [0.05, 0.1) is 12.5 Å². The van der Waals surface area contributed by atoms with Crippen LogP contribution in [0.25, 0.3) is 21.8 Å². The minimum Gasteiger partial charge on any atom is -0.481 e. The van der Waals surface area contributed by atoms with E-state index in [-0.39, 0.29) is 12.8 Å². The number of carboxylic acid groups (broad SMARTS) is 2. The fraction of sp³-hybridized carbons (Fsp3) is 0.276. The average molecular weight is 577 g/mol. The lowest BCUT2D eigenvalue weighted by atomic mass is 10.0. The van der Waals surface area contributed by atoms with Crippen LogP contribution in [-0.2, 0) is 36.8 Å². The Kier molecular flexibility index (Phi) is 9.22. The number of nitrogens with one attached hydrogen (secondary N) is 5. The van der Waals surface area contributed by atoms with Crippen molar-refractivity contribution in [3.05, 3.63) is 72.1 Å². The Morgan fingerprint density at radius 1 is 0.738 bits per heavy atom. The Morgan fingerprint density at radius 2 is 1.26 bits per heavy atom. The van der Waals surface area contributed by atoms with Crippen LogP contribution in [0.4, 0.5) is 0 Å². The quantitative estimate of drug-likeness (QED) is 0.113. The van der Waals surface area contributed by atoms with Gasteiger partial charge >= 0.3 is 11.9 Å². The zero-order valence-corrected chi connectivity index (χ0v) is 22.7. The van der Waals surface area contributed by atoms with Gasteiger partial charge in [0.15, 0.2) is 0 Å². The number of hydrogen-bond acceptors (Lipinski definition) is 6. The van der Waals surface area contributed by atoms with E-state index in [0.717, 1.165) is 27.4 Å². The van der Waals surface area contributed by atoms with E-state index in [0.29, 0.717) is 5.56 Å². The second kappa shape index (κ2) is 13.0. The molecule has 0 aliphatic heterocycles. The molecule has 0 spiro atoms. The molecular weight excluding hydrogens is 544 g/mol. The molecule has 4 unspecified atom stereocenters. The number of carbonyl (C=O) groups is 5. The standard InChI is InChI=1S/C29H32N6O7/c1-15(33-27(39)20(30)10-16-13-31-21-8-4-2-6-18(16)21)26(38)34-23(28(40)35-24(29(41)42)12-25(36)37)11-17-14-32-22-9-5-3-7-19(17)22/h2-9,13-15,20,23-24,31-32H,10-12,30H2,1H3,(H,33,39)(H,34,38)(H,35,40)(H,36,37)(H,41,42). The minimum absolute atomic E-state index is 0.0399. The Morgan fingerprint density at radius 3 is 1.81 bits per heavy atom. The number of fused-ring (bicyclic) bond motifs is 2. The first-order valence-corrected chi connectivity index (χ1v) is 13.2. The van der Waals surface area contributed by atoms with E-state index in [1.807, 2.05) is 42.5 Å². The smallest absolute Gasteiger partial charge is 0.326 e. The molecule has 0 bridgehead atoms. The van der Waals surface area contributed by atoms with Gasteiger partial charge in [-0.3, -0.25) is 19.2 Å². The van der Waals surface area contributed by atoms with E-state index in [1.165, 1.54) is 6.92 Å². The summed E-state index contributed by atoms with van der Waals surface area (Å²) < 4.78 is 0. The average Bonchev–Trinajstić information content (AvgIpc) is 3.56. The summed E-state index contributed by atoms with van der Waals surface area (Å²) in [7, 11) is 0. The number of carbonyl (C=O) groups excluding carboxylic acids is 3. The van der Waals surface area contributed by atoms with E-state index in [2.05, 4.69) is 25.9 Å². The lowest BCUT2D eigenvalue weighted by molar-refractivity contribution is -0.147. The van der Waals surface area contributed by atoms with Gasteiger partial charge in [-0.1, -0.05) is 36.4 Å². The van der Waals surface area contributed by atoms with Crippen molar-refractivity contribution in [1.82, 2.24) is 25.9 Å². The molecule has 13 heteroatoms. The molecule has 3 amide bonds. The monoisotopic (exact) mass is 576 g/mol. The molecule has 0 aliphatic rings. The lowest BCUT2D eigenvalue weighted by Gasteiger charge is -2.23. The normalized spacial score (nSPS) is 14.0. The van der Waals surface area contributed by atoms with Gasteiger partial charge in [-0.05, 0) is 36.6 Å². The molecule has 4 rings (SSSR count). The van der Waals surface area contributed by atoms with Gasteiger partial charge < -0.3 is 41.9 Å². The number of benzene rings is 2. The summed E-state index contributed by atoms with van der Waals surface area (Å²) in [6.45, 7) is 1.43. The first-order chi connectivity index (χ1) is 20.0. The molecule has 220 valence electrons. The van der Waals surface area contributed by atoms with E-state index >= 15 is 0 Å². The first-order valence-electron chi connectivity index (χ1n) is 13.2. The highest BCUT2D eigenvalue weighted by Crippen LogP contribution is 2.20. The summed E-state index contributed by atoms with van der Waals surface area (Å²) >= 11 is 0. The van der Waals surface area contributed by atoms with Crippen LogP contribution in [0, 0.1) is 0 Å². The number of H-pyrrole nitrogens is 2. The maximum Gasteiger partial charge on any atom is 0.326 e. The molecular formula is C29H32N6O7. The SMILES string of the molecule is CC(NC(=O)C(N)Cc1c[nH]c2ccccc12)C(=O)NC(Cc1c[nH]c2ccccc12)C(=O)NC(CC(=O)O)C(=O)O. The van der Waals surface area contributed by atoms with Gasteiger partial charge in [0.2, 0.25) is 17.7 Å². The number of carboxylic acids is 2. The van der Waals surface area contributed by atoms with Crippen LogP contribution in [0.3, 0.4) is 0 Å². The molecule has 0 aliphatic carbocycles. The molecule has 2 heterocycles. The molecule has 0 saturated carbocycles. The number of aromatic nitrogens is 2. The van der Waals surface area contributed by atoms with Gasteiger partial charge in [0.25, 0.3) is 0 Å². The zero-order chi connectivity index (χ0) is 30.4. The molecule has 4 atom stereocenters. The largest absolute Gasteiger partial charge is 0.481 e. The summed E-state index contributed by atoms with van der Waals surface area (Å²) in [6.07, 6.45) is 2.77. The fourth-order valence-electron chi connectivity index (χ4n) is 4.69. The number of hydrogen-bond donors (Lipinski definition) is 8. The number of amides is 3. The van der Waals surface area contributed by atoms with E-state index in [4.69, 9.17) is 10.8 Å². The van der Waals surface area contributed by atoms with Crippen molar-refractivity contribution >= 4 is 51.5 Å². The van der Waals surface area contributed by atoms with E-state index in [1.54, 1.807) is 18.5 Å². The molecule has 13 nitrogen and oxygen atoms in total. The highest BCUT2D eigenvalue weighted by atomic mass is 16.4. The van der Waals surface area contributed by atoms with Crippen LogP contribution in [0.5, 0.6) is 0 Å². The third-order valence-electron chi connectivity index (χ3n) is 6.93. The Labute approximate surface area is 239 Å². The maximum atomic E-state index is 13.2. The van der Waals surface area contributed by atoms with Crippen molar-refractivity contribution < 1.29 is 34.2 Å². The Bertz CT molecular complexity index is 1630. The van der Waals surface area contributed by atoms with Crippen molar-refractivity contribution in [3.63, 3.8) is 0 Å². The van der Waals surface area contributed by atoms with Crippen LogP contribution in [0.15, 0.2) is 60.9 Å². The second-order valence-corrected chi connectivity index (χ2v) is 10.0. The number of para-hydroxylation sites is 2. The Hall–Kier alpha value is -5.17. The predicted molar refractivity (Wildman–Crippen MR) is 153 cm³/mol. The molecule has 4 aromatic rings. The highest BCUT2D eigenvalue weighted by Gasteiger charge is 2.30. The van der Waals surface area contributed by atoms with Gasteiger partial charge in [0, 0.05) is 40.6 Å². The molecule has 2 aromatic carbocycles. The molecule has 2 aromatic heterocycles. The molecule has 0 saturated heterocycles. The fourth-order valence-corrected chi connectivity index (χ4v) is 4.69. The second-order valence-electron chi connectivity index (χ2n) is 10.0. The summed E-state index contributed by atoms with van der Waals surface area (Å²) in [5, 5.41) is 27.5. The predicted octanol–water partition coefficient (Wildman–Crippen LogP) is 0.795. The first kappa shape index (κ1) is 29.8. The van der Waals surface area contributed by atoms with Gasteiger partial charge in [-0.2, -0.15) is 0 Å². The zero-order valence-electron chi connectivity index (χ0n) is 22.7. The summed E-state index contributed by atoms with van der Waals surface area (Å²) in [4.78, 5) is 68.0. The number of nitrogens with two attached hydrogens (primary N) is 1. The van der Waals surface area contributed by atoms with Crippen molar-refractivity contribution in [2.45, 2.75) is 50.4 Å². The van der Waals surface area contributed by atoms with Gasteiger partial charge in [-0.25, -0.2) is 4.79 Å². The van der Waals surface area contributed by atoms with Crippen molar-refractivity contribution in [3.8, 4) is 0 Å². The van der Waals surface area contributed by atoms with Gasteiger partial charge in [0.1, 0.15) is 18.1 Å². The topological polar surface area (TPSA) is 219 Å². The van der Waals surface area contributed by atoms with E-state index < -0.39 is 60.2 Å². The molecule has 0 radical (unpaired) electrons. The van der Waals surface area contributed by atoms with Crippen LogP contribution in [0.1, 0.15) is 24.5 Å². The Balaban J connectivity index is 1.45. The number of aliphatic carboxylic acids is 2. The third kappa shape index (κ3) is 7.12. The number of aromatic amines is 2. The van der Waals surface area contributed by atoms with Crippen molar-refractivity contribution in [2.24, 2.45) is 5.73 Å². The van der Waals surface area contributed by atoms with Crippen LogP contribution >= 0.6 is 0 Å². The minimum atomic E-state index is -1.71. The number of rotatable bonds is 13. The highest BCUT2D eigenvalue weighted by molar-refractivity contribution is 5.95. The molecule has 0 fully saturated rings. The summed E-state index contributed by atoms with van der Waals surface area (Å²) in [5.74, 6) is -5.13. The maximum absolute atomic E-state index is 13.2. The van der Waals surface area contributed by atoms with Gasteiger partial charge in [-0.15, -0.1) is 0 Å². The molecule has 9 N–H and O–H groups in total. The van der Waals surface area contributed by atoms with Crippen LogP contribution in [0.2, 0.25) is 0 Å². The lowest BCUT2D eigenvalue weighted by Crippen LogP contribution is -2.57. The third-order valence-corrected chi connectivity index (χ3v) is 6.93. The van der Waals surface area contributed by atoms with Crippen LogP contribution < -0.4 is 21.7 Å². The van der Waals surface area contributed by atoms with Crippen LogP contribution in [-0.4, -0.2) is 74.0 Å². The summed E-state index contributed by atoms with van der Waals surface area (Å²) in [5.41, 5.74) is 9.33. The van der Waals surface area contributed by atoms with E-state index in [9.17, 15) is 29.1 Å². The van der Waals surface area contributed by atoms with Crippen molar-refractivity contribution in [2.75, 3.05) is 0 Å².